The number of rotatable bonds is 4. The predicted octanol–water partition coefficient (Wildman–Crippen LogP) is 2.19. The van der Waals surface area contributed by atoms with Crippen LogP contribution in [0, 0.1) is 0 Å². The van der Waals surface area contributed by atoms with Crippen molar-refractivity contribution < 1.29 is 14.3 Å². The van der Waals surface area contributed by atoms with Gasteiger partial charge >= 0.3 is 5.97 Å². The Morgan fingerprint density at radius 1 is 1.37 bits per heavy atom. The Labute approximate surface area is 117 Å². The van der Waals surface area contributed by atoms with Crippen LogP contribution in [0.1, 0.15) is 31.1 Å². The summed E-state index contributed by atoms with van der Waals surface area (Å²) in [4.78, 5) is 22.8. The maximum Gasteiger partial charge on any atom is 0.325 e. The van der Waals surface area contributed by atoms with Gasteiger partial charge in [0.15, 0.2) is 0 Å². The number of esters is 1. The largest absolute Gasteiger partial charge is 0.459 e. The van der Waals surface area contributed by atoms with Gasteiger partial charge < -0.3 is 15.8 Å². The normalized spacial score (nSPS) is 10.9. The zero-order valence-electron chi connectivity index (χ0n) is 11.1. The van der Waals surface area contributed by atoms with Gasteiger partial charge in [0, 0.05) is 10.7 Å². The van der Waals surface area contributed by atoms with Gasteiger partial charge in [-0.05, 0) is 39.0 Å². The molecule has 3 N–H and O–H groups in total. The topological polar surface area (TPSA) is 81.4 Å². The van der Waals surface area contributed by atoms with Gasteiger partial charge in [-0.15, -0.1) is 0 Å². The highest BCUT2D eigenvalue weighted by Gasteiger charge is 2.16. The van der Waals surface area contributed by atoms with E-state index in [1.165, 1.54) is 12.1 Å². The number of ether oxygens (including phenoxy) is 1. The molecule has 0 aliphatic rings. The summed E-state index contributed by atoms with van der Waals surface area (Å²) < 4.78 is 5.14. The summed E-state index contributed by atoms with van der Waals surface area (Å²) in [5, 5.41) is 3.24. The first-order valence-corrected chi connectivity index (χ1v) is 6.12. The molecular formula is C13H17ClN2O3. The summed E-state index contributed by atoms with van der Waals surface area (Å²) in [5.74, 6) is -1.02. The molecular weight excluding hydrogens is 268 g/mol. The summed E-state index contributed by atoms with van der Waals surface area (Å²) in [6.45, 7) is 5.26. The molecule has 0 aromatic heterocycles. The lowest BCUT2D eigenvalue weighted by atomic mass is 10.1. The Morgan fingerprint density at radius 2 is 2.00 bits per heavy atom. The standard InChI is InChI=1S/C13H17ClN2O3/c1-13(2,3)19-11(17)7-16-10-6-8(14)4-5-9(10)12(15)18/h4-6,16H,7H2,1-3H3,(H2,15,18). The van der Waals surface area contributed by atoms with E-state index in [9.17, 15) is 9.59 Å². The Hall–Kier alpha value is -1.75. The van der Waals surface area contributed by atoms with Crippen LogP contribution in [0.25, 0.3) is 0 Å². The van der Waals surface area contributed by atoms with Crippen molar-refractivity contribution >= 4 is 29.2 Å². The second kappa shape index (κ2) is 5.93. The number of amides is 1. The fourth-order valence-corrected chi connectivity index (χ4v) is 1.59. The summed E-state index contributed by atoms with van der Waals surface area (Å²) in [5.41, 5.74) is 5.36. The number of hydrogen-bond donors (Lipinski definition) is 2. The van der Waals surface area contributed by atoms with Crippen LogP contribution in [0.3, 0.4) is 0 Å². The monoisotopic (exact) mass is 284 g/mol. The molecule has 0 heterocycles. The van der Waals surface area contributed by atoms with Crippen LogP contribution in [0.5, 0.6) is 0 Å². The first kappa shape index (κ1) is 15.3. The molecule has 1 aromatic carbocycles. The maximum absolute atomic E-state index is 11.6. The van der Waals surface area contributed by atoms with E-state index in [-0.39, 0.29) is 12.1 Å². The van der Waals surface area contributed by atoms with Crippen molar-refractivity contribution in [3.8, 4) is 0 Å². The molecule has 0 saturated carbocycles. The van der Waals surface area contributed by atoms with E-state index < -0.39 is 17.5 Å². The van der Waals surface area contributed by atoms with Crippen LogP contribution >= 0.6 is 11.6 Å². The van der Waals surface area contributed by atoms with E-state index in [0.717, 1.165) is 0 Å². The van der Waals surface area contributed by atoms with E-state index >= 15 is 0 Å². The van der Waals surface area contributed by atoms with E-state index in [1.54, 1.807) is 26.8 Å². The number of primary amides is 1. The minimum absolute atomic E-state index is 0.0715. The molecule has 5 nitrogen and oxygen atoms in total. The van der Waals surface area contributed by atoms with Gasteiger partial charge in [0.2, 0.25) is 0 Å². The fourth-order valence-electron chi connectivity index (χ4n) is 1.42. The van der Waals surface area contributed by atoms with Crippen LogP contribution in [0.4, 0.5) is 5.69 Å². The third-order valence-corrected chi connectivity index (χ3v) is 2.33. The molecule has 0 atom stereocenters. The lowest BCUT2D eigenvalue weighted by Gasteiger charge is -2.20. The van der Waals surface area contributed by atoms with E-state index in [0.29, 0.717) is 10.7 Å². The molecule has 0 aliphatic heterocycles. The van der Waals surface area contributed by atoms with Gasteiger partial charge in [-0.3, -0.25) is 9.59 Å². The summed E-state index contributed by atoms with van der Waals surface area (Å²) >= 11 is 5.83. The zero-order chi connectivity index (χ0) is 14.6. The molecule has 0 spiro atoms. The second-order valence-corrected chi connectivity index (χ2v) is 5.43. The minimum atomic E-state index is -0.594. The third-order valence-electron chi connectivity index (χ3n) is 2.09. The summed E-state index contributed by atoms with van der Waals surface area (Å²) in [6, 6.07) is 4.59. The van der Waals surface area contributed by atoms with Crippen molar-refractivity contribution in [3.63, 3.8) is 0 Å². The molecule has 1 amide bonds. The van der Waals surface area contributed by atoms with Crippen LogP contribution < -0.4 is 11.1 Å². The Kier molecular flexibility index (Phi) is 4.78. The number of hydrogen-bond acceptors (Lipinski definition) is 4. The second-order valence-electron chi connectivity index (χ2n) is 4.99. The van der Waals surface area contributed by atoms with Gasteiger partial charge in [0.1, 0.15) is 12.1 Å². The Morgan fingerprint density at radius 3 is 2.53 bits per heavy atom. The number of nitrogens with one attached hydrogen (secondary N) is 1. The number of carbonyl (C=O) groups excluding carboxylic acids is 2. The summed E-state index contributed by atoms with van der Waals surface area (Å²) in [6.07, 6.45) is 0. The van der Waals surface area contributed by atoms with Crippen molar-refractivity contribution in [1.82, 2.24) is 0 Å². The molecule has 0 aliphatic carbocycles. The quantitative estimate of drug-likeness (QED) is 0.831. The van der Waals surface area contributed by atoms with Gasteiger partial charge in [0.25, 0.3) is 5.91 Å². The van der Waals surface area contributed by atoms with Crippen molar-refractivity contribution in [2.24, 2.45) is 5.73 Å². The first-order valence-electron chi connectivity index (χ1n) is 5.74. The zero-order valence-corrected chi connectivity index (χ0v) is 11.9. The summed E-state index contributed by atoms with van der Waals surface area (Å²) in [7, 11) is 0. The molecule has 19 heavy (non-hydrogen) atoms. The number of halogens is 1. The van der Waals surface area contributed by atoms with Gasteiger partial charge in [-0.1, -0.05) is 11.6 Å². The molecule has 0 unspecified atom stereocenters. The average molecular weight is 285 g/mol. The highest BCUT2D eigenvalue weighted by Crippen LogP contribution is 2.20. The first-order chi connectivity index (χ1) is 8.69. The van der Waals surface area contributed by atoms with Crippen LogP contribution in [0.2, 0.25) is 5.02 Å². The highest BCUT2D eigenvalue weighted by molar-refractivity contribution is 6.31. The molecule has 1 rings (SSSR count). The number of anilines is 1. The Bertz CT molecular complexity index is 495. The molecule has 0 saturated heterocycles. The molecule has 1 aromatic rings. The van der Waals surface area contributed by atoms with Crippen LogP contribution in [-0.2, 0) is 9.53 Å². The molecule has 0 radical (unpaired) electrons. The number of benzene rings is 1. The lowest BCUT2D eigenvalue weighted by molar-refractivity contribution is -0.152. The van der Waals surface area contributed by atoms with E-state index in [1.807, 2.05) is 0 Å². The molecule has 6 heteroatoms. The van der Waals surface area contributed by atoms with E-state index in [4.69, 9.17) is 22.1 Å². The average Bonchev–Trinajstić information content (AvgIpc) is 2.23. The van der Waals surface area contributed by atoms with Crippen molar-refractivity contribution in [2.75, 3.05) is 11.9 Å². The lowest BCUT2D eigenvalue weighted by Crippen LogP contribution is -2.28. The number of carbonyl (C=O) groups is 2. The molecule has 0 bridgehead atoms. The minimum Gasteiger partial charge on any atom is -0.459 e. The SMILES string of the molecule is CC(C)(C)OC(=O)CNc1cc(Cl)ccc1C(N)=O. The van der Waals surface area contributed by atoms with Crippen LogP contribution in [-0.4, -0.2) is 24.0 Å². The van der Waals surface area contributed by atoms with Crippen molar-refractivity contribution in [1.29, 1.82) is 0 Å². The van der Waals surface area contributed by atoms with E-state index in [2.05, 4.69) is 5.32 Å². The molecule has 0 fully saturated rings. The van der Waals surface area contributed by atoms with Crippen molar-refractivity contribution in [2.45, 2.75) is 26.4 Å². The van der Waals surface area contributed by atoms with Gasteiger partial charge in [-0.25, -0.2) is 0 Å². The predicted molar refractivity (Wildman–Crippen MR) is 74.3 cm³/mol. The molecule has 104 valence electrons. The van der Waals surface area contributed by atoms with Crippen molar-refractivity contribution in [3.05, 3.63) is 28.8 Å². The van der Waals surface area contributed by atoms with Gasteiger partial charge in [-0.2, -0.15) is 0 Å². The third kappa shape index (κ3) is 5.18. The highest BCUT2D eigenvalue weighted by atomic mass is 35.5. The number of nitrogens with two attached hydrogens (primary N) is 1. The Balaban J connectivity index is 2.75. The smallest absolute Gasteiger partial charge is 0.325 e. The van der Waals surface area contributed by atoms with Crippen LogP contribution in [0.15, 0.2) is 18.2 Å². The fraction of sp³-hybridized carbons (Fsp3) is 0.385. The van der Waals surface area contributed by atoms with Gasteiger partial charge in [0.05, 0.1) is 5.56 Å². The maximum atomic E-state index is 11.6.